The summed E-state index contributed by atoms with van der Waals surface area (Å²) in [6, 6.07) is 0. The van der Waals surface area contributed by atoms with Crippen LogP contribution >= 0.6 is 0 Å². The van der Waals surface area contributed by atoms with Crippen LogP contribution in [0.5, 0.6) is 0 Å². The van der Waals surface area contributed by atoms with Crippen molar-refractivity contribution in [3.63, 3.8) is 0 Å². The van der Waals surface area contributed by atoms with Crippen LogP contribution in [0, 0.1) is 0 Å². The molecule has 0 saturated carbocycles. The molecule has 0 aliphatic rings. The molecule has 0 amide bonds. The van der Waals surface area contributed by atoms with E-state index >= 15 is 0 Å². The van der Waals surface area contributed by atoms with Crippen LogP contribution in [0.2, 0.25) is 0 Å². The predicted molar refractivity (Wildman–Crippen MR) is 43.7 cm³/mol. The molecule has 0 spiro atoms. The van der Waals surface area contributed by atoms with E-state index in [1.165, 1.54) is 5.70 Å². The monoisotopic (exact) mass is 143 g/mol. The van der Waals surface area contributed by atoms with Crippen molar-refractivity contribution in [1.82, 2.24) is 5.32 Å². The predicted octanol–water partition coefficient (Wildman–Crippen LogP) is 1.88. The van der Waals surface area contributed by atoms with Crippen molar-refractivity contribution in [3.05, 3.63) is 11.8 Å². The largest absolute Gasteiger partial charge is 0.366 e. The van der Waals surface area contributed by atoms with E-state index in [4.69, 9.17) is 4.74 Å². The minimum absolute atomic E-state index is 0.611. The molecule has 1 N–H and O–H groups in total. The van der Waals surface area contributed by atoms with Crippen LogP contribution in [0.1, 0.15) is 26.7 Å². The summed E-state index contributed by atoms with van der Waals surface area (Å²) in [6.45, 7) is 4.87. The van der Waals surface area contributed by atoms with Gasteiger partial charge in [0, 0.05) is 12.8 Å². The highest BCUT2D eigenvalue weighted by Gasteiger charge is 1.88. The summed E-state index contributed by atoms with van der Waals surface area (Å²) in [4.78, 5) is 0. The van der Waals surface area contributed by atoms with E-state index in [1.807, 2.05) is 0 Å². The molecule has 0 heterocycles. The van der Waals surface area contributed by atoms with Gasteiger partial charge in [0.1, 0.15) is 6.73 Å². The number of ether oxygens (including phenoxy) is 1. The molecular formula is C8H17NO. The van der Waals surface area contributed by atoms with Gasteiger partial charge in [0.15, 0.2) is 0 Å². The second kappa shape index (κ2) is 6.62. The Kier molecular flexibility index (Phi) is 6.29. The number of nitrogens with one attached hydrogen (secondary N) is 1. The average molecular weight is 143 g/mol. The third-order valence-corrected chi connectivity index (χ3v) is 1.27. The lowest BCUT2D eigenvalue weighted by Gasteiger charge is -2.06. The summed E-state index contributed by atoms with van der Waals surface area (Å²) in [5.41, 5.74) is 1.27. The Bertz CT molecular complexity index is 99.4. The first-order valence-corrected chi connectivity index (χ1v) is 3.77. The fourth-order valence-electron chi connectivity index (χ4n) is 0.753. The first-order chi connectivity index (χ1) is 4.85. The van der Waals surface area contributed by atoms with Gasteiger partial charge in [-0.05, 0) is 12.8 Å². The van der Waals surface area contributed by atoms with Gasteiger partial charge in [0.2, 0.25) is 0 Å². The molecular weight excluding hydrogens is 126 g/mol. The molecule has 0 atom stereocenters. The molecule has 0 aromatic rings. The molecule has 0 aromatic heterocycles. The number of methoxy groups -OCH3 is 1. The maximum atomic E-state index is 4.87. The molecule has 2 heteroatoms. The van der Waals surface area contributed by atoms with Gasteiger partial charge in [0.25, 0.3) is 0 Å². The molecule has 0 fully saturated rings. The highest BCUT2D eigenvalue weighted by Crippen LogP contribution is 1.96. The van der Waals surface area contributed by atoms with E-state index in [9.17, 15) is 0 Å². The van der Waals surface area contributed by atoms with Crippen LogP contribution in [-0.2, 0) is 4.74 Å². The van der Waals surface area contributed by atoms with E-state index < -0.39 is 0 Å². The SMILES string of the molecule is CC/C=C(\CC)NCOC. The number of hydrogen-bond donors (Lipinski definition) is 1. The summed E-state index contributed by atoms with van der Waals surface area (Å²) in [5.74, 6) is 0. The van der Waals surface area contributed by atoms with Crippen LogP contribution < -0.4 is 5.32 Å². The minimum Gasteiger partial charge on any atom is -0.366 e. The summed E-state index contributed by atoms with van der Waals surface area (Å²) in [7, 11) is 1.69. The van der Waals surface area contributed by atoms with Crippen LogP contribution in [0.15, 0.2) is 11.8 Å². The molecule has 10 heavy (non-hydrogen) atoms. The van der Waals surface area contributed by atoms with Crippen molar-refractivity contribution in [1.29, 1.82) is 0 Å². The Balaban J connectivity index is 3.49. The first-order valence-electron chi connectivity index (χ1n) is 3.77. The smallest absolute Gasteiger partial charge is 0.115 e. The van der Waals surface area contributed by atoms with Gasteiger partial charge in [-0.1, -0.05) is 19.9 Å². The lowest BCUT2D eigenvalue weighted by atomic mass is 10.3. The summed E-state index contributed by atoms with van der Waals surface area (Å²) < 4.78 is 4.87. The Labute approximate surface area is 63.3 Å². The summed E-state index contributed by atoms with van der Waals surface area (Å²) >= 11 is 0. The zero-order valence-corrected chi connectivity index (χ0v) is 7.11. The molecule has 0 bridgehead atoms. The zero-order valence-electron chi connectivity index (χ0n) is 7.11. The molecule has 0 radical (unpaired) electrons. The van der Waals surface area contributed by atoms with Crippen LogP contribution in [0.3, 0.4) is 0 Å². The molecule has 0 aliphatic heterocycles. The van der Waals surface area contributed by atoms with Crippen LogP contribution in [0.25, 0.3) is 0 Å². The number of hydrogen-bond acceptors (Lipinski definition) is 2. The number of allylic oxidation sites excluding steroid dienone is 2. The van der Waals surface area contributed by atoms with E-state index in [-0.39, 0.29) is 0 Å². The molecule has 0 aliphatic carbocycles. The maximum absolute atomic E-state index is 4.87. The van der Waals surface area contributed by atoms with Crippen molar-refractivity contribution in [2.45, 2.75) is 26.7 Å². The van der Waals surface area contributed by atoms with Gasteiger partial charge in [-0.2, -0.15) is 0 Å². The quantitative estimate of drug-likeness (QED) is 0.593. The van der Waals surface area contributed by atoms with E-state index in [0.29, 0.717) is 6.73 Å². The highest BCUT2D eigenvalue weighted by atomic mass is 16.5. The van der Waals surface area contributed by atoms with Gasteiger partial charge >= 0.3 is 0 Å². The molecule has 0 unspecified atom stereocenters. The Morgan fingerprint density at radius 3 is 2.60 bits per heavy atom. The molecule has 0 aromatic carbocycles. The van der Waals surface area contributed by atoms with Crippen molar-refractivity contribution in [3.8, 4) is 0 Å². The van der Waals surface area contributed by atoms with E-state index in [0.717, 1.165) is 12.8 Å². The molecule has 0 rings (SSSR count). The second-order valence-corrected chi connectivity index (χ2v) is 2.10. The first kappa shape index (κ1) is 9.50. The van der Waals surface area contributed by atoms with Crippen molar-refractivity contribution in [2.24, 2.45) is 0 Å². The summed E-state index contributed by atoms with van der Waals surface area (Å²) in [5, 5.41) is 3.16. The van der Waals surface area contributed by atoms with E-state index in [2.05, 4.69) is 25.2 Å². The standard InChI is InChI=1S/C8H17NO/c1-4-6-8(5-2)9-7-10-3/h6,9H,4-5,7H2,1-3H3/b8-6+. The fourth-order valence-corrected chi connectivity index (χ4v) is 0.753. The third-order valence-electron chi connectivity index (χ3n) is 1.27. The van der Waals surface area contributed by atoms with Crippen molar-refractivity contribution >= 4 is 0 Å². The van der Waals surface area contributed by atoms with Crippen LogP contribution in [-0.4, -0.2) is 13.8 Å². The fraction of sp³-hybridized carbons (Fsp3) is 0.750. The minimum atomic E-state index is 0.611. The lowest BCUT2D eigenvalue weighted by molar-refractivity contribution is 0.183. The summed E-state index contributed by atoms with van der Waals surface area (Å²) in [6.07, 6.45) is 4.32. The molecule has 0 saturated heterocycles. The molecule has 2 nitrogen and oxygen atoms in total. The van der Waals surface area contributed by atoms with Crippen molar-refractivity contribution < 1.29 is 4.74 Å². The van der Waals surface area contributed by atoms with Gasteiger partial charge in [-0.25, -0.2) is 0 Å². The molecule has 60 valence electrons. The lowest BCUT2D eigenvalue weighted by Crippen LogP contribution is -2.15. The van der Waals surface area contributed by atoms with Gasteiger partial charge < -0.3 is 10.1 Å². The third kappa shape index (κ3) is 4.39. The maximum Gasteiger partial charge on any atom is 0.115 e. The Hall–Kier alpha value is -0.500. The van der Waals surface area contributed by atoms with Crippen LogP contribution in [0.4, 0.5) is 0 Å². The van der Waals surface area contributed by atoms with Gasteiger partial charge in [0.05, 0.1) is 0 Å². The van der Waals surface area contributed by atoms with Gasteiger partial charge in [-0.3, -0.25) is 0 Å². The van der Waals surface area contributed by atoms with Gasteiger partial charge in [-0.15, -0.1) is 0 Å². The second-order valence-electron chi connectivity index (χ2n) is 2.10. The zero-order chi connectivity index (χ0) is 7.82. The van der Waals surface area contributed by atoms with E-state index in [1.54, 1.807) is 7.11 Å². The Morgan fingerprint density at radius 1 is 1.50 bits per heavy atom. The normalized spacial score (nSPS) is 11.7. The topological polar surface area (TPSA) is 21.3 Å². The Morgan fingerprint density at radius 2 is 2.20 bits per heavy atom. The number of rotatable bonds is 5. The highest BCUT2D eigenvalue weighted by molar-refractivity contribution is 4.96. The average Bonchev–Trinajstić information content (AvgIpc) is 1.98. The van der Waals surface area contributed by atoms with Crippen molar-refractivity contribution in [2.75, 3.05) is 13.8 Å².